The molecular weight excluding hydrogens is 334 g/mol. The number of carbonyl (C=O) groups excluding carboxylic acids is 1. The molecule has 0 N–H and O–H groups in total. The summed E-state index contributed by atoms with van der Waals surface area (Å²) in [7, 11) is 2.03. The van der Waals surface area contributed by atoms with Crippen molar-refractivity contribution in [2.75, 3.05) is 19.6 Å². The molecule has 0 aliphatic carbocycles. The monoisotopic (exact) mass is 359 g/mol. The zero-order valence-electron chi connectivity index (χ0n) is 14.9. The zero-order valence-corrected chi connectivity index (χ0v) is 15.8. The fourth-order valence-electron chi connectivity index (χ4n) is 4.07. The number of piperidine rings is 1. The van der Waals surface area contributed by atoms with E-state index >= 15 is 0 Å². The van der Waals surface area contributed by atoms with Crippen LogP contribution < -0.4 is 0 Å². The molecule has 1 spiro atoms. The van der Waals surface area contributed by atoms with Gasteiger partial charge in [0.15, 0.2) is 0 Å². The maximum atomic E-state index is 13.0. The highest BCUT2D eigenvalue weighted by Gasteiger charge is 2.48. The Morgan fingerprint density at radius 1 is 1.20 bits per heavy atom. The van der Waals surface area contributed by atoms with Crippen LogP contribution in [0.5, 0.6) is 0 Å². The second kappa shape index (κ2) is 6.53. The number of thiazole rings is 1. The van der Waals surface area contributed by atoms with E-state index < -0.39 is 0 Å². The molecule has 0 atom stereocenters. The van der Waals surface area contributed by atoms with Gasteiger partial charge in [0.05, 0.1) is 29.2 Å². The van der Waals surface area contributed by atoms with Crippen LogP contribution in [-0.2, 0) is 24.9 Å². The first kappa shape index (κ1) is 16.7. The van der Waals surface area contributed by atoms with Gasteiger partial charge >= 0.3 is 0 Å². The van der Waals surface area contributed by atoms with Gasteiger partial charge in [0.1, 0.15) is 5.82 Å². The molecule has 0 bridgehead atoms. The first-order valence-electron chi connectivity index (χ1n) is 8.95. The van der Waals surface area contributed by atoms with Crippen LogP contribution in [0.4, 0.5) is 0 Å². The van der Waals surface area contributed by atoms with Gasteiger partial charge in [-0.25, -0.2) is 9.97 Å². The minimum absolute atomic E-state index is 0.136. The number of aromatic nitrogens is 3. The van der Waals surface area contributed by atoms with Gasteiger partial charge in [-0.15, -0.1) is 11.3 Å². The molecule has 2 saturated heterocycles. The SMILES string of the molecule is Cc1nc(CN2CCC3(CCN(Cc4nccn4C)CC3)C2=O)cs1. The molecule has 2 aliphatic rings. The van der Waals surface area contributed by atoms with E-state index in [0.29, 0.717) is 12.5 Å². The lowest BCUT2D eigenvalue weighted by Crippen LogP contribution is -2.44. The highest BCUT2D eigenvalue weighted by molar-refractivity contribution is 7.09. The van der Waals surface area contributed by atoms with Crippen LogP contribution in [0.2, 0.25) is 0 Å². The molecule has 0 aromatic carbocycles. The molecule has 0 saturated carbocycles. The molecule has 0 radical (unpaired) electrons. The largest absolute Gasteiger partial charge is 0.337 e. The third-order valence-corrected chi connectivity index (χ3v) is 6.54. The third-order valence-electron chi connectivity index (χ3n) is 5.72. The minimum atomic E-state index is -0.136. The van der Waals surface area contributed by atoms with E-state index in [1.807, 2.05) is 31.3 Å². The van der Waals surface area contributed by atoms with Crippen molar-refractivity contribution < 1.29 is 4.79 Å². The molecular formula is C18H25N5OS. The van der Waals surface area contributed by atoms with Crippen molar-refractivity contribution in [3.05, 3.63) is 34.3 Å². The number of carbonyl (C=O) groups is 1. The Morgan fingerprint density at radius 3 is 2.60 bits per heavy atom. The van der Waals surface area contributed by atoms with Gasteiger partial charge in [-0.05, 0) is 39.3 Å². The summed E-state index contributed by atoms with van der Waals surface area (Å²) in [6, 6.07) is 0. The smallest absolute Gasteiger partial charge is 0.229 e. The molecule has 4 heterocycles. The van der Waals surface area contributed by atoms with Crippen molar-refractivity contribution >= 4 is 17.2 Å². The van der Waals surface area contributed by atoms with E-state index in [2.05, 4.69) is 24.8 Å². The second-order valence-corrected chi connectivity index (χ2v) is 8.41. The maximum absolute atomic E-state index is 13.0. The van der Waals surface area contributed by atoms with Crippen LogP contribution in [0, 0.1) is 12.3 Å². The lowest BCUT2D eigenvalue weighted by atomic mass is 9.77. The van der Waals surface area contributed by atoms with Crippen LogP contribution >= 0.6 is 11.3 Å². The third kappa shape index (κ3) is 3.22. The average molecular weight is 359 g/mol. The number of amides is 1. The van der Waals surface area contributed by atoms with Gasteiger partial charge in [0.25, 0.3) is 0 Å². The fourth-order valence-corrected chi connectivity index (χ4v) is 4.68. The molecule has 4 rings (SSSR count). The number of imidazole rings is 1. The predicted molar refractivity (Wildman–Crippen MR) is 97.0 cm³/mol. The normalized spacial score (nSPS) is 20.7. The van der Waals surface area contributed by atoms with E-state index in [9.17, 15) is 4.79 Å². The van der Waals surface area contributed by atoms with E-state index in [0.717, 1.165) is 62.0 Å². The van der Waals surface area contributed by atoms with Gasteiger partial charge in [0.2, 0.25) is 5.91 Å². The zero-order chi connectivity index (χ0) is 17.4. The standard InChI is InChI=1S/C18H25N5OS/c1-14-20-15(13-25-14)11-23-9-5-18(17(23)24)3-7-22(8-4-18)12-16-19-6-10-21(16)2/h6,10,13H,3-5,7-9,11-12H2,1-2H3. The molecule has 134 valence electrons. The lowest BCUT2D eigenvalue weighted by molar-refractivity contribution is -0.139. The number of likely N-dealkylation sites (tertiary alicyclic amines) is 2. The molecule has 0 unspecified atom stereocenters. The lowest BCUT2D eigenvalue weighted by Gasteiger charge is -2.37. The van der Waals surface area contributed by atoms with Gasteiger partial charge < -0.3 is 9.47 Å². The van der Waals surface area contributed by atoms with Gasteiger partial charge in [0, 0.05) is 31.4 Å². The molecule has 1 amide bonds. The Morgan fingerprint density at radius 2 is 1.96 bits per heavy atom. The van der Waals surface area contributed by atoms with Crippen molar-refractivity contribution in [3.63, 3.8) is 0 Å². The number of hydrogen-bond acceptors (Lipinski definition) is 5. The first-order valence-corrected chi connectivity index (χ1v) is 9.83. The van der Waals surface area contributed by atoms with Crippen LogP contribution in [0.15, 0.2) is 17.8 Å². The van der Waals surface area contributed by atoms with E-state index in [1.54, 1.807) is 11.3 Å². The number of nitrogens with zero attached hydrogens (tertiary/aromatic N) is 5. The molecule has 2 aliphatic heterocycles. The maximum Gasteiger partial charge on any atom is 0.229 e. The van der Waals surface area contributed by atoms with Crippen molar-refractivity contribution in [1.29, 1.82) is 0 Å². The summed E-state index contributed by atoms with van der Waals surface area (Å²) in [6.45, 7) is 6.37. The van der Waals surface area contributed by atoms with Crippen LogP contribution in [0.25, 0.3) is 0 Å². The molecule has 25 heavy (non-hydrogen) atoms. The van der Waals surface area contributed by atoms with Gasteiger partial charge in [-0.1, -0.05) is 0 Å². The highest BCUT2D eigenvalue weighted by atomic mass is 32.1. The van der Waals surface area contributed by atoms with Gasteiger partial charge in [-0.3, -0.25) is 9.69 Å². The Kier molecular flexibility index (Phi) is 4.37. The van der Waals surface area contributed by atoms with Gasteiger partial charge in [-0.2, -0.15) is 0 Å². The summed E-state index contributed by atoms with van der Waals surface area (Å²) >= 11 is 1.66. The summed E-state index contributed by atoms with van der Waals surface area (Å²) in [6.07, 6.45) is 6.75. The Hall–Kier alpha value is -1.73. The number of hydrogen-bond donors (Lipinski definition) is 0. The summed E-state index contributed by atoms with van der Waals surface area (Å²) in [5, 5.41) is 3.14. The van der Waals surface area contributed by atoms with Crippen LogP contribution in [0.1, 0.15) is 35.8 Å². The quantitative estimate of drug-likeness (QED) is 0.840. The van der Waals surface area contributed by atoms with E-state index in [4.69, 9.17) is 0 Å². The summed E-state index contributed by atoms with van der Waals surface area (Å²) in [5.41, 5.74) is 0.892. The second-order valence-electron chi connectivity index (χ2n) is 7.35. The minimum Gasteiger partial charge on any atom is -0.337 e. The number of rotatable bonds is 4. The topological polar surface area (TPSA) is 54.3 Å². The Bertz CT molecular complexity index is 759. The highest BCUT2D eigenvalue weighted by Crippen LogP contribution is 2.42. The predicted octanol–water partition coefficient (Wildman–Crippen LogP) is 2.20. The fraction of sp³-hybridized carbons (Fsp3) is 0.611. The number of aryl methyl sites for hydroxylation is 2. The van der Waals surface area contributed by atoms with Crippen molar-refractivity contribution in [2.45, 2.75) is 39.3 Å². The van der Waals surface area contributed by atoms with Crippen molar-refractivity contribution in [1.82, 2.24) is 24.3 Å². The van der Waals surface area contributed by atoms with Crippen LogP contribution in [0.3, 0.4) is 0 Å². The Labute approximate surface area is 152 Å². The summed E-state index contributed by atoms with van der Waals surface area (Å²) in [5.74, 6) is 1.43. The average Bonchev–Trinajstić information content (AvgIpc) is 3.27. The van der Waals surface area contributed by atoms with E-state index in [1.165, 1.54) is 0 Å². The Balaban J connectivity index is 1.36. The summed E-state index contributed by atoms with van der Waals surface area (Å²) in [4.78, 5) is 26.4. The van der Waals surface area contributed by atoms with Crippen molar-refractivity contribution in [2.24, 2.45) is 12.5 Å². The molecule has 7 heteroatoms. The molecule has 2 aromatic heterocycles. The van der Waals surface area contributed by atoms with E-state index in [-0.39, 0.29) is 5.41 Å². The molecule has 2 fully saturated rings. The molecule has 2 aromatic rings. The van der Waals surface area contributed by atoms with Crippen molar-refractivity contribution in [3.8, 4) is 0 Å². The summed E-state index contributed by atoms with van der Waals surface area (Å²) < 4.78 is 2.07. The first-order chi connectivity index (χ1) is 12.1. The molecule has 6 nitrogen and oxygen atoms in total. The van der Waals surface area contributed by atoms with Crippen LogP contribution in [-0.4, -0.2) is 49.9 Å².